The number of hydrogen-bond donors (Lipinski definition) is 0. The molecule has 23 heavy (non-hydrogen) atoms. The third-order valence-electron chi connectivity index (χ3n) is 3.87. The average Bonchev–Trinajstić information content (AvgIpc) is 2.93. The first-order valence-corrected chi connectivity index (χ1v) is 8.16. The maximum Gasteiger partial charge on any atom is 0.345 e. The molecule has 0 bridgehead atoms. The van der Waals surface area contributed by atoms with E-state index in [1.807, 2.05) is 48.5 Å². The average molecular weight is 371 g/mol. The maximum atomic E-state index is 12.6. The minimum absolute atomic E-state index is 0.0342. The fourth-order valence-electron chi connectivity index (χ4n) is 2.69. The number of cyclic esters (lactones) is 1. The molecule has 1 aliphatic heterocycles. The molecule has 0 spiro atoms. The van der Waals surface area contributed by atoms with Crippen molar-refractivity contribution in [2.75, 3.05) is 0 Å². The van der Waals surface area contributed by atoms with Crippen LogP contribution >= 0.6 is 15.9 Å². The number of rotatable bonds is 5. The predicted octanol–water partition coefficient (Wildman–Crippen LogP) is 4.25. The Morgan fingerprint density at radius 3 is 2.22 bits per heavy atom. The summed E-state index contributed by atoms with van der Waals surface area (Å²) in [6.45, 7) is 0. The highest BCUT2D eigenvalue weighted by molar-refractivity contribution is 9.12. The van der Waals surface area contributed by atoms with Crippen LogP contribution in [-0.2, 0) is 9.53 Å². The summed E-state index contributed by atoms with van der Waals surface area (Å²) in [6, 6.07) is 18.8. The van der Waals surface area contributed by atoms with Gasteiger partial charge in [0, 0.05) is 17.9 Å². The summed E-state index contributed by atoms with van der Waals surface area (Å²) in [7, 11) is 0. The summed E-state index contributed by atoms with van der Waals surface area (Å²) in [5, 5.41) is 0. The zero-order valence-electron chi connectivity index (χ0n) is 12.3. The van der Waals surface area contributed by atoms with Crippen molar-refractivity contribution in [3.63, 3.8) is 0 Å². The normalized spacial score (nSPS) is 18.2. The van der Waals surface area contributed by atoms with Gasteiger partial charge in [0.25, 0.3) is 0 Å². The Morgan fingerprint density at radius 1 is 1.04 bits per heavy atom. The van der Waals surface area contributed by atoms with Gasteiger partial charge in [0.05, 0.1) is 0 Å². The molecule has 2 aromatic carbocycles. The van der Waals surface area contributed by atoms with Gasteiger partial charge < -0.3 is 4.74 Å². The van der Waals surface area contributed by atoms with Crippen molar-refractivity contribution in [1.29, 1.82) is 0 Å². The lowest BCUT2D eigenvalue weighted by Crippen LogP contribution is -2.21. The third-order valence-corrected chi connectivity index (χ3v) is 4.46. The number of esters is 1. The first-order valence-electron chi connectivity index (χ1n) is 7.36. The molecule has 1 heterocycles. The molecule has 2 atom stereocenters. The minimum Gasteiger partial charge on any atom is -0.453 e. The van der Waals surface area contributed by atoms with Crippen molar-refractivity contribution in [3.8, 4) is 0 Å². The van der Waals surface area contributed by atoms with Crippen molar-refractivity contribution < 1.29 is 14.3 Å². The van der Waals surface area contributed by atoms with Crippen LogP contribution in [0.25, 0.3) is 0 Å². The van der Waals surface area contributed by atoms with Crippen LogP contribution < -0.4 is 0 Å². The highest BCUT2D eigenvalue weighted by Gasteiger charge is 2.33. The zero-order chi connectivity index (χ0) is 16.2. The number of ether oxygens (including phenoxy) is 1. The number of halogens is 1. The largest absolute Gasteiger partial charge is 0.453 e. The molecule has 0 aliphatic carbocycles. The van der Waals surface area contributed by atoms with Gasteiger partial charge in [0.2, 0.25) is 0 Å². The van der Waals surface area contributed by atoms with Crippen molar-refractivity contribution >= 4 is 27.7 Å². The van der Waals surface area contributed by atoms with Gasteiger partial charge in [0.15, 0.2) is 5.78 Å². The molecule has 0 unspecified atom stereocenters. The summed E-state index contributed by atoms with van der Waals surface area (Å²) in [5.41, 5.74) is 1.65. The Balaban J connectivity index is 1.87. The van der Waals surface area contributed by atoms with E-state index in [4.69, 9.17) is 4.74 Å². The number of carbonyl (C=O) groups excluding carboxylic acids is 2. The fourth-order valence-corrected chi connectivity index (χ4v) is 3.04. The quantitative estimate of drug-likeness (QED) is 0.583. The van der Waals surface area contributed by atoms with Gasteiger partial charge in [-0.15, -0.1) is 0 Å². The van der Waals surface area contributed by atoms with Crippen LogP contribution in [0.5, 0.6) is 0 Å². The smallest absolute Gasteiger partial charge is 0.345 e. The summed E-state index contributed by atoms with van der Waals surface area (Å²) in [5.74, 6) is -0.557. The second kappa shape index (κ2) is 6.92. The van der Waals surface area contributed by atoms with Crippen molar-refractivity contribution in [2.45, 2.75) is 18.4 Å². The molecular formula is C19H15BrO3. The number of ketones is 1. The SMILES string of the molecule is O=C1O[C@H]([C@@H](CC(=O)c2ccccc2)c2ccccc2)C=C1Br. The Hall–Kier alpha value is -2.20. The van der Waals surface area contributed by atoms with Gasteiger partial charge in [-0.05, 0) is 27.6 Å². The molecule has 0 radical (unpaired) electrons. The van der Waals surface area contributed by atoms with E-state index in [1.54, 1.807) is 18.2 Å². The topological polar surface area (TPSA) is 43.4 Å². The number of carbonyl (C=O) groups is 2. The van der Waals surface area contributed by atoms with E-state index in [0.717, 1.165) is 5.56 Å². The van der Waals surface area contributed by atoms with Gasteiger partial charge in [-0.1, -0.05) is 60.7 Å². The fraction of sp³-hybridized carbons (Fsp3) is 0.158. The molecule has 3 rings (SSSR count). The minimum atomic E-state index is -0.438. The van der Waals surface area contributed by atoms with E-state index in [-0.39, 0.29) is 24.1 Å². The van der Waals surface area contributed by atoms with Gasteiger partial charge >= 0.3 is 5.97 Å². The Labute approximate surface area is 143 Å². The number of Topliss-reactive ketones (excluding diaryl/α,β-unsaturated/α-hetero) is 1. The Kier molecular flexibility index (Phi) is 4.72. The van der Waals surface area contributed by atoms with Crippen LogP contribution in [0.2, 0.25) is 0 Å². The molecule has 0 fully saturated rings. The van der Waals surface area contributed by atoms with Gasteiger partial charge in [-0.2, -0.15) is 0 Å². The number of hydrogen-bond acceptors (Lipinski definition) is 3. The highest BCUT2D eigenvalue weighted by atomic mass is 79.9. The van der Waals surface area contributed by atoms with E-state index in [2.05, 4.69) is 15.9 Å². The van der Waals surface area contributed by atoms with Gasteiger partial charge in [-0.3, -0.25) is 4.79 Å². The first kappa shape index (κ1) is 15.7. The van der Waals surface area contributed by atoms with Crippen LogP contribution in [0, 0.1) is 0 Å². The molecule has 4 heteroatoms. The predicted molar refractivity (Wildman–Crippen MR) is 91.5 cm³/mol. The van der Waals surface area contributed by atoms with Crippen LogP contribution in [0.3, 0.4) is 0 Å². The monoisotopic (exact) mass is 370 g/mol. The Bertz CT molecular complexity index is 738. The van der Waals surface area contributed by atoms with Crippen LogP contribution in [-0.4, -0.2) is 17.9 Å². The lowest BCUT2D eigenvalue weighted by molar-refractivity contribution is -0.139. The van der Waals surface area contributed by atoms with Gasteiger partial charge in [0.1, 0.15) is 10.6 Å². The van der Waals surface area contributed by atoms with Crippen molar-refractivity contribution in [2.24, 2.45) is 0 Å². The lowest BCUT2D eigenvalue weighted by Gasteiger charge is -2.21. The van der Waals surface area contributed by atoms with E-state index in [9.17, 15) is 9.59 Å². The van der Waals surface area contributed by atoms with Crippen LogP contribution in [0.1, 0.15) is 28.3 Å². The van der Waals surface area contributed by atoms with E-state index in [1.165, 1.54) is 0 Å². The molecule has 0 saturated heterocycles. The molecule has 0 amide bonds. The highest BCUT2D eigenvalue weighted by Crippen LogP contribution is 2.33. The molecule has 0 saturated carbocycles. The summed E-state index contributed by atoms with van der Waals surface area (Å²) < 4.78 is 5.81. The zero-order valence-corrected chi connectivity index (χ0v) is 13.9. The molecular weight excluding hydrogens is 356 g/mol. The molecule has 3 nitrogen and oxygen atoms in total. The molecule has 116 valence electrons. The Morgan fingerprint density at radius 2 is 1.65 bits per heavy atom. The lowest BCUT2D eigenvalue weighted by atomic mass is 9.87. The van der Waals surface area contributed by atoms with E-state index >= 15 is 0 Å². The standard InChI is InChI=1S/C19H15BrO3/c20-16-12-18(23-19(16)22)15(13-7-3-1-4-8-13)11-17(21)14-9-5-2-6-10-14/h1-10,12,15,18H,11H2/t15-,18-/m0/s1. The second-order valence-electron chi connectivity index (χ2n) is 5.40. The molecule has 1 aliphatic rings. The first-order chi connectivity index (χ1) is 11.1. The summed E-state index contributed by atoms with van der Waals surface area (Å²) >= 11 is 3.20. The van der Waals surface area contributed by atoms with E-state index in [0.29, 0.717) is 10.0 Å². The van der Waals surface area contributed by atoms with Crippen molar-refractivity contribution in [3.05, 3.63) is 82.3 Å². The number of benzene rings is 2. The van der Waals surface area contributed by atoms with Crippen LogP contribution in [0.15, 0.2) is 71.2 Å². The molecule has 2 aromatic rings. The molecule has 0 aromatic heterocycles. The van der Waals surface area contributed by atoms with Gasteiger partial charge in [-0.25, -0.2) is 4.79 Å². The maximum absolute atomic E-state index is 12.6. The second-order valence-corrected chi connectivity index (χ2v) is 6.25. The molecule has 0 N–H and O–H groups in total. The van der Waals surface area contributed by atoms with Crippen LogP contribution in [0.4, 0.5) is 0 Å². The van der Waals surface area contributed by atoms with E-state index < -0.39 is 6.10 Å². The summed E-state index contributed by atoms with van der Waals surface area (Å²) in [4.78, 5) is 24.2. The summed E-state index contributed by atoms with van der Waals surface area (Å²) in [6.07, 6.45) is 1.58. The third kappa shape index (κ3) is 3.59. The van der Waals surface area contributed by atoms with Crippen molar-refractivity contribution in [1.82, 2.24) is 0 Å².